The van der Waals surface area contributed by atoms with E-state index in [9.17, 15) is 13.2 Å². The van der Waals surface area contributed by atoms with Crippen molar-refractivity contribution in [1.29, 1.82) is 0 Å². The smallest absolute Gasteiger partial charge is 0.258 e. The monoisotopic (exact) mass is 288 g/mol. The molecule has 0 radical (unpaired) electrons. The first-order chi connectivity index (χ1) is 9.47. The van der Waals surface area contributed by atoms with Crippen molar-refractivity contribution in [2.45, 2.75) is 11.4 Å². The molecule has 0 unspecified atom stereocenters. The van der Waals surface area contributed by atoms with E-state index in [2.05, 4.69) is 0 Å². The Morgan fingerprint density at radius 3 is 2.25 bits per heavy atom. The van der Waals surface area contributed by atoms with Gasteiger partial charge in [-0.3, -0.25) is 4.79 Å². The van der Waals surface area contributed by atoms with Crippen molar-refractivity contribution in [1.82, 2.24) is 0 Å². The Kier molecular flexibility index (Phi) is 2.84. The molecule has 0 saturated carbocycles. The summed E-state index contributed by atoms with van der Waals surface area (Å²) in [7, 11) is -3.71. The minimum absolute atomic E-state index is 0.0328. The molecule has 102 valence electrons. The van der Waals surface area contributed by atoms with Crippen LogP contribution in [0.4, 0.5) is 5.69 Å². The van der Waals surface area contributed by atoms with Crippen molar-refractivity contribution in [3.05, 3.63) is 59.7 Å². The van der Waals surface area contributed by atoms with Crippen LogP contribution in [0.5, 0.6) is 0 Å². The zero-order valence-electron chi connectivity index (χ0n) is 10.5. The fourth-order valence-corrected chi connectivity index (χ4v) is 2.79. The van der Waals surface area contributed by atoms with Crippen LogP contribution in [0.2, 0.25) is 0 Å². The molecule has 2 N–H and O–H groups in total. The molecule has 1 aliphatic heterocycles. The highest BCUT2D eigenvalue weighted by molar-refractivity contribution is 7.89. The first kappa shape index (κ1) is 12.8. The van der Waals surface area contributed by atoms with E-state index in [4.69, 9.17) is 5.14 Å². The fraction of sp³-hybridized carbons (Fsp3) is 0.0714. The van der Waals surface area contributed by atoms with Crippen LogP contribution in [0, 0.1) is 0 Å². The molecule has 0 saturated heterocycles. The quantitative estimate of drug-likeness (QED) is 0.909. The third-order valence-corrected chi connectivity index (χ3v) is 4.23. The predicted molar refractivity (Wildman–Crippen MR) is 74.8 cm³/mol. The maximum Gasteiger partial charge on any atom is 0.258 e. The van der Waals surface area contributed by atoms with Crippen molar-refractivity contribution in [3.63, 3.8) is 0 Å². The van der Waals surface area contributed by atoms with Gasteiger partial charge in [0, 0.05) is 11.3 Å². The minimum Gasteiger partial charge on any atom is -0.304 e. The molecule has 2 aromatic carbocycles. The Labute approximate surface area is 116 Å². The molecule has 0 spiro atoms. The van der Waals surface area contributed by atoms with Gasteiger partial charge in [-0.1, -0.05) is 18.2 Å². The van der Waals surface area contributed by atoms with Gasteiger partial charge in [-0.15, -0.1) is 0 Å². The van der Waals surface area contributed by atoms with Gasteiger partial charge in [0.25, 0.3) is 5.91 Å². The van der Waals surface area contributed by atoms with Gasteiger partial charge in [-0.05, 0) is 35.9 Å². The lowest BCUT2D eigenvalue weighted by Crippen LogP contribution is -2.23. The summed E-state index contributed by atoms with van der Waals surface area (Å²) >= 11 is 0. The van der Waals surface area contributed by atoms with E-state index in [-0.39, 0.29) is 10.8 Å². The number of anilines is 1. The summed E-state index contributed by atoms with van der Waals surface area (Å²) in [6.45, 7) is 0.490. The first-order valence-corrected chi connectivity index (χ1v) is 7.54. The van der Waals surface area contributed by atoms with Crippen LogP contribution in [-0.4, -0.2) is 14.3 Å². The SMILES string of the molecule is NS(=O)(=O)c1ccc(N2Cc3ccccc3C2=O)cc1. The molecule has 0 bridgehead atoms. The Morgan fingerprint density at radius 1 is 1.00 bits per heavy atom. The molecule has 0 aliphatic carbocycles. The van der Waals surface area contributed by atoms with Crippen LogP contribution in [0.3, 0.4) is 0 Å². The van der Waals surface area contributed by atoms with Crippen molar-refractivity contribution in [2.75, 3.05) is 4.90 Å². The second-order valence-corrected chi connectivity index (χ2v) is 6.15. The Hall–Kier alpha value is -2.18. The van der Waals surface area contributed by atoms with Crippen molar-refractivity contribution >= 4 is 21.6 Å². The number of fused-ring (bicyclic) bond motifs is 1. The van der Waals surface area contributed by atoms with E-state index in [0.717, 1.165) is 5.56 Å². The van der Waals surface area contributed by atoms with Gasteiger partial charge in [-0.2, -0.15) is 0 Å². The maximum absolute atomic E-state index is 12.3. The highest BCUT2D eigenvalue weighted by Crippen LogP contribution is 2.28. The van der Waals surface area contributed by atoms with Gasteiger partial charge < -0.3 is 4.90 Å². The summed E-state index contributed by atoms with van der Waals surface area (Å²) in [6.07, 6.45) is 0. The van der Waals surface area contributed by atoms with Crippen LogP contribution in [0.25, 0.3) is 0 Å². The molecular formula is C14H12N2O3S. The number of nitrogens with two attached hydrogens (primary N) is 1. The maximum atomic E-state index is 12.3. The number of hydrogen-bond donors (Lipinski definition) is 1. The van der Waals surface area contributed by atoms with Gasteiger partial charge in [-0.25, -0.2) is 13.6 Å². The van der Waals surface area contributed by atoms with Crippen LogP contribution in [0.1, 0.15) is 15.9 Å². The lowest BCUT2D eigenvalue weighted by molar-refractivity contribution is 0.0996. The summed E-state index contributed by atoms with van der Waals surface area (Å²) in [6, 6.07) is 13.4. The standard InChI is InChI=1S/C14H12N2O3S/c15-20(18,19)12-7-5-11(6-8-12)16-9-10-3-1-2-4-13(10)14(16)17/h1-8H,9H2,(H2,15,18,19). The van der Waals surface area contributed by atoms with E-state index in [0.29, 0.717) is 17.8 Å². The second-order valence-electron chi connectivity index (χ2n) is 4.59. The number of carbonyl (C=O) groups is 1. The van der Waals surface area contributed by atoms with Crippen LogP contribution < -0.4 is 10.0 Å². The number of rotatable bonds is 2. The summed E-state index contributed by atoms with van der Waals surface area (Å²) in [5.74, 6) is -0.0797. The van der Waals surface area contributed by atoms with Crippen LogP contribution >= 0.6 is 0 Å². The molecule has 0 fully saturated rings. The van der Waals surface area contributed by atoms with Crippen molar-refractivity contribution < 1.29 is 13.2 Å². The van der Waals surface area contributed by atoms with Crippen LogP contribution in [-0.2, 0) is 16.6 Å². The Bertz CT molecular complexity index is 782. The van der Waals surface area contributed by atoms with Gasteiger partial charge in [0.15, 0.2) is 0 Å². The summed E-state index contributed by atoms with van der Waals surface area (Å²) in [4.78, 5) is 13.9. The topological polar surface area (TPSA) is 80.5 Å². The minimum atomic E-state index is -3.71. The molecular weight excluding hydrogens is 276 g/mol. The Morgan fingerprint density at radius 2 is 1.65 bits per heavy atom. The average Bonchev–Trinajstić information content (AvgIpc) is 2.76. The third-order valence-electron chi connectivity index (χ3n) is 3.30. The predicted octanol–water partition coefficient (Wildman–Crippen LogP) is 1.49. The van der Waals surface area contributed by atoms with Gasteiger partial charge in [0.2, 0.25) is 10.0 Å². The molecule has 3 rings (SSSR count). The van der Waals surface area contributed by atoms with Crippen molar-refractivity contribution in [3.8, 4) is 0 Å². The number of benzene rings is 2. The van der Waals surface area contributed by atoms with E-state index in [1.165, 1.54) is 12.1 Å². The zero-order valence-corrected chi connectivity index (χ0v) is 11.3. The number of nitrogens with zero attached hydrogens (tertiary/aromatic N) is 1. The molecule has 5 nitrogen and oxygen atoms in total. The third kappa shape index (κ3) is 2.09. The molecule has 2 aromatic rings. The number of primary sulfonamides is 1. The van der Waals surface area contributed by atoms with E-state index in [1.54, 1.807) is 23.1 Å². The van der Waals surface area contributed by atoms with E-state index in [1.807, 2.05) is 18.2 Å². The molecule has 0 atom stereocenters. The molecule has 1 heterocycles. The molecule has 1 aliphatic rings. The van der Waals surface area contributed by atoms with Gasteiger partial charge in [0.1, 0.15) is 0 Å². The summed E-state index contributed by atoms with van der Waals surface area (Å²) in [5.41, 5.74) is 2.30. The highest BCUT2D eigenvalue weighted by atomic mass is 32.2. The molecule has 20 heavy (non-hydrogen) atoms. The lowest BCUT2D eigenvalue weighted by Gasteiger charge is -2.15. The van der Waals surface area contributed by atoms with Gasteiger partial charge in [0.05, 0.1) is 11.4 Å². The second kappa shape index (κ2) is 4.43. The summed E-state index contributed by atoms with van der Waals surface area (Å²) < 4.78 is 22.4. The number of hydrogen-bond acceptors (Lipinski definition) is 3. The zero-order chi connectivity index (χ0) is 14.3. The van der Waals surface area contributed by atoms with E-state index < -0.39 is 10.0 Å². The Balaban J connectivity index is 1.95. The number of amides is 1. The molecule has 1 amide bonds. The molecule has 0 aromatic heterocycles. The first-order valence-electron chi connectivity index (χ1n) is 5.99. The fourth-order valence-electron chi connectivity index (χ4n) is 2.28. The van der Waals surface area contributed by atoms with Crippen LogP contribution in [0.15, 0.2) is 53.4 Å². The highest BCUT2D eigenvalue weighted by Gasteiger charge is 2.27. The van der Waals surface area contributed by atoms with Gasteiger partial charge >= 0.3 is 0 Å². The lowest BCUT2D eigenvalue weighted by atomic mass is 10.1. The van der Waals surface area contributed by atoms with E-state index >= 15 is 0 Å². The summed E-state index contributed by atoms with van der Waals surface area (Å²) in [5, 5.41) is 5.05. The number of carbonyl (C=O) groups excluding carboxylic acids is 1. The normalized spacial score (nSPS) is 14.4. The molecule has 6 heteroatoms. The largest absolute Gasteiger partial charge is 0.304 e. The average molecular weight is 288 g/mol. The van der Waals surface area contributed by atoms with Crippen molar-refractivity contribution in [2.24, 2.45) is 5.14 Å². The number of sulfonamides is 1.